The first kappa shape index (κ1) is 11.2. The van der Waals surface area contributed by atoms with E-state index in [1.807, 2.05) is 6.92 Å². The third kappa shape index (κ3) is 2.28. The van der Waals surface area contributed by atoms with Crippen LogP contribution >= 0.6 is 11.6 Å². The zero-order valence-electron chi connectivity index (χ0n) is 9.00. The molecule has 0 saturated heterocycles. The quantitative estimate of drug-likeness (QED) is 0.659. The van der Waals surface area contributed by atoms with E-state index in [2.05, 4.69) is 4.98 Å². The average Bonchev–Trinajstić information content (AvgIpc) is 2.61. The molecular formula is C11H13ClN2O2. The van der Waals surface area contributed by atoms with E-state index in [0.717, 1.165) is 6.42 Å². The van der Waals surface area contributed by atoms with E-state index in [9.17, 15) is 0 Å². The Morgan fingerprint density at radius 1 is 1.50 bits per heavy atom. The topological polar surface area (TPSA) is 61.3 Å². The zero-order valence-corrected chi connectivity index (χ0v) is 9.75. The van der Waals surface area contributed by atoms with Crippen LogP contribution in [0.25, 0.3) is 11.1 Å². The van der Waals surface area contributed by atoms with E-state index < -0.39 is 0 Å². The van der Waals surface area contributed by atoms with Crippen molar-refractivity contribution in [2.75, 3.05) is 12.3 Å². The number of nitrogens with zero attached hydrogens (tertiary/aromatic N) is 1. The summed E-state index contributed by atoms with van der Waals surface area (Å²) in [4.78, 5) is 4.25. The lowest BCUT2D eigenvalue weighted by atomic mass is 10.3. The van der Waals surface area contributed by atoms with Crippen molar-refractivity contribution in [1.29, 1.82) is 0 Å². The Balaban J connectivity index is 2.23. The normalized spacial score (nSPS) is 11.1. The lowest BCUT2D eigenvalue weighted by molar-refractivity contribution is 0.104. The van der Waals surface area contributed by atoms with Gasteiger partial charge in [0.25, 0.3) is 0 Å². The maximum absolute atomic E-state index is 5.89. The number of rotatable bonds is 4. The number of benzene rings is 1. The molecule has 0 aliphatic rings. The Morgan fingerprint density at radius 3 is 3.06 bits per heavy atom. The molecule has 1 aromatic carbocycles. The van der Waals surface area contributed by atoms with Gasteiger partial charge in [-0.3, -0.25) is 0 Å². The van der Waals surface area contributed by atoms with Crippen molar-refractivity contribution in [3.63, 3.8) is 0 Å². The van der Waals surface area contributed by atoms with E-state index in [4.69, 9.17) is 26.5 Å². The molecule has 5 heteroatoms. The fourth-order valence-electron chi connectivity index (χ4n) is 1.38. The Morgan fingerprint density at radius 2 is 2.31 bits per heavy atom. The van der Waals surface area contributed by atoms with Crippen molar-refractivity contribution < 1.29 is 9.15 Å². The highest BCUT2D eigenvalue weighted by molar-refractivity contribution is 6.33. The number of fused-ring (bicyclic) bond motifs is 1. The second-order valence-electron chi connectivity index (χ2n) is 3.50. The Bertz CT molecular complexity index is 457. The molecule has 16 heavy (non-hydrogen) atoms. The Labute approximate surface area is 98.3 Å². The second kappa shape index (κ2) is 4.72. The SMILES string of the molecule is CCCOCc1nc2cc(Cl)c(N)cc2o1. The molecule has 0 bridgehead atoms. The van der Waals surface area contributed by atoms with Crippen molar-refractivity contribution in [3.8, 4) is 0 Å². The number of hydrogen-bond acceptors (Lipinski definition) is 4. The molecule has 0 saturated carbocycles. The molecule has 86 valence electrons. The molecule has 4 nitrogen and oxygen atoms in total. The van der Waals surface area contributed by atoms with Gasteiger partial charge in [-0.2, -0.15) is 0 Å². The lowest BCUT2D eigenvalue weighted by Crippen LogP contribution is -1.93. The molecule has 1 aromatic heterocycles. The number of oxazole rings is 1. The lowest BCUT2D eigenvalue weighted by Gasteiger charge is -1.96. The van der Waals surface area contributed by atoms with Crippen LogP contribution in [0.5, 0.6) is 0 Å². The summed E-state index contributed by atoms with van der Waals surface area (Å²) in [6, 6.07) is 3.37. The maximum Gasteiger partial charge on any atom is 0.221 e. The monoisotopic (exact) mass is 240 g/mol. The molecule has 0 atom stereocenters. The number of anilines is 1. The fraction of sp³-hybridized carbons (Fsp3) is 0.364. The summed E-state index contributed by atoms with van der Waals surface area (Å²) in [5, 5.41) is 0.488. The molecule has 0 unspecified atom stereocenters. The molecule has 0 radical (unpaired) electrons. The van der Waals surface area contributed by atoms with Gasteiger partial charge in [-0.05, 0) is 12.5 Å². The summed E-state index contributed by atoms with van der Waals surface area (Å²) in [5.41, 5.74) is 7.50. The molecule has 0 amide bonds. The van der Waals surface area contributed by atoms with Gasteiger partial charge < -0.3 is 14.9 Å². The van der Waals surface area contributed by atoms with Crippen molar-refractivity contribution in [3.05, 3.63) is 23.0 Å². The van der Waals surface area contributed by atoms with Crippen LogP contribution in [0.4, 0.5) is 5.69 Å². The van der Waals surface area contributed by atoms with Crippen LogP contribution in [0.2, 0.25) is 5.02 Å². The van der Waals surface area contributed by atoms with E-state index >= 15 is 0 Å². The van der Waals surface area contributed by atoms with Crippen LogP contribution in [0.1, 0.15) is 19.2 Å². The minimum absolute atomic E-state index is 0.375. The maximum atomic E-state index is 5.89. The smallest absolute Gasteiger partial charge is 0.221 e. The van der Waals surface area contributed by atoms with E-state index in [1.165, 1.54) is 0 Å². The van der Waals surface area contributed by atoms with Gasteiger partial charge in [0.2, 0.25) is 5.89 Å². The minimum atomic E-state index is 0.375. The molecule has 2 N–H and O–H groups in total. The largest absolute Gasteiger partial charge is 0.438 e. The highest BCUT2D eigenvalue weighted by atomic mass is 35.5. The first-order valence-corrected chi connectivity index (χ1v) is 5.50. The summed E-state index contributed by atoms with van der Waals surface area (Å²) in [5.74, 6) is 0.546. The van der Waals surface area contributed by atoms with Crippen LogP contribution in [0, 0.1) is 0 Å². The fourth-order valence-corrected chi connectivity index (χ4v) is 1.54. The first-order valence-electron chi connectivity index (χ1n) is 5.13. The standard InChI is InChI=1S/C11H13ClN2O2/c1-2-3-15-6-11-14-9-4-7(12)8(13)5-10(9)16-11/h4-5H,2-3,6,13H2,1H3. The predicted octanol–water partition coefficient (Wildman–Crippen LogP) is 2.99. The van der Waals surface area contributed by atoms with Gasteiger partial charge in [-0.15, -0.1) is 0 Å². The van der Waals surface area contributed by atoms with Gasteiger partial charge in [0.15, 0.2) is 5.58 Å². The number of halogens is 1. The minimum Gasteiger partial charge on any atom is -0.438 e. The van der Waals surface area contributed by atoms with Gasteiger partial charge in [0.1, 0.15) is 12.1 Å². The summed E-state index contributed by atoms with van der Waals surface area (Å²) in [7, 11) is 0. The summed E-state index contributed by atoms with van der Waals surface area (Å²) < 4.78 is 10.8. The van der Waals surface area contributed by atoms with Gasteiger partial charge in [0, 0.05) is 12.7 Å². The van der Waals surface area contributed by atoms with Gasteiger partial charge in [0.05, 0.1) is 10.7 Å². The molecule has 2 rings (SSSR count). The molecule has 0 aliphatic carbocycles. The molecule has 0 spiro atoms. The third-order valence-corrected chi connectivity index (χ3v) is 2.45. The molecule has 0 fully saturated rings. The molecule has 0 aliphatic heterocycles. The first-order chi connectivity index (χ1) is 7.70. The van der Waals surface area contributed by atoms with Crippen LogP contribution in [-0.2, 0) is 11.3 Å². The molecule has 2 aromatic rings. The number of nitrogens with two attached hydrogens (primary N) is 1. The van der Waals surface area contributed by atoms with Crippen LogP contribution in [0.15, 0.2) is 16.5 Å². The highest BCUT2D eigenvalue weighted by Crippen LogP contribution is 2.26. The van der Waals surface area contributed by atoms with Gasteiger partial charge >= 0.3 is 0 Å². The summed E-state index contributed by atoms with van der Waals surface area (Å²) in [6.07, 6.45) is 0.971. The highest BCUT2D eigenvalue weighted by Gasteiger charge is 2.08. The van der Waals surface area contributed by atoms with Crippen molar-refractivity contribution in [2.24, 2.45) is 0 Å². The molecule has 1 heterocycles. The molecular weight excluding hydrogens is 228 g/mol. The summed E-state index contributed by atoms with van der Waals surface area (Å²) >= 11 is 5.89. The second-order valence-corrected chi connectivity index (χ2v) is 3.91. The number of hydrogen-bond donors (Lipinski definition) is 1. The third-order valence-electron chi connectivity index (χ3n) is 2.13. The van der Waals surface area contributed by atoms with E-state index in [-0.39, 0.29) is 0 Å². The average molecular weight is 241 g/mol. The van der Waals surface area contributed by atoms with Gasteiger partial charge in [-0.25, -0.2) is 4.98 Å². The summed E-state index contributed by atoms with van der Waals surface area (Å²) in [6.45, 7) is 3.12. The van der Waals surface area contributed by atoms with Crippen molar-refractivity contribution >= 4 is 28.4 Å². The van der Waals surface area contributed by atoms with Crippen LogP contribution < -0.4 is 5.73 Å². The van der Waals surface area contributed by atoms with Crippen molar-refractivity contribution in [2.45, 2.75) is 20.0 Å². The number of aromatic nitrogens is 1. The number of nitrogen functional groups attached to an aromatic ring is 1. The van der Waals surface area contributed by atoms with E-state index in [0.29, 0.717) is 40.9 Å². The van der Waals surface area contributed by atoms with Gasteiger partial charge in [-0.1, -0.05) is 18.5 Å². The predicted molar refractivity (Wildman–Crippen MR) is 63.4 cm³/mol. The Hall–Kier alpha value is -1.26. The number of ether oxygens (including phenoxy) is 1. The van der Waals surface area contributed by atoms with E-state index in [1.54, 1.807) is 12.1 Å². The Kier molecular flexibility index (Phi) is 3.31. The van der Waals surface area contributed by atoms with Crippen LogP contribution in [-0.4, -0.2) is 11.6 Å². The zero-order chi connectivity index (χ0) is 11.5. The van der Waals surface area contributed by atoms with Crippen LogP contribution in [0.3, 0.4) is 0 Å². The van der Waals surface area contributed by atoms with Crippen molar-refractivity contribution in [1.82, 2.24) is 4.98 Å².